The molecule has 2 unspecified atom stereocenters. The minimum Gasteiger partial charge on any atom is -0.499 e. The van der Waals surface area contributed by atoms with Gasteiger partial charge in [-0.25, -0.2) is 0 Å². The second kappa shape index (κ2) is 4.32. The molecule has 18 heavy (non-hydrogen) atoms. The Morgan fingerprint density at radius 2 is 1.94 bits per heavy atom. The van der Waals surface area contributed by atoms with Gasteiger partial charge in [-0.1, -0.05) is 6.58 Å². The fraction of sp³-hybridized carbons (Fsp3) is 0.778. The highest BCUT2D eigenvalue weighted by Gasteiger charge is 2.79. The van der Waals surface area contributed by atoms with E-state index in [1.165, 1.54) is 0 Å². The molecule has 0 radical (unpaired) electrons. The Labute approximate surface area is 98.9 Å². The van der Waals surface area contributed by atoms with Crippen molar-refractivity contribution >= 4 is 0 Å². The summed E-state index contributed by atoms with van der Waals surface area (Å²) >= 11 is 0. The van der Waals surface area contributed by atoms with Crippen LogP contribution in [0.25, 0.3) is 0 Å². The number of hydrogen-bond acceptors (Lipinski definition) is 4. The zero-order valence-corrected chi connectivity index (χ0v) is 9.26. The molecule has 0 aromatic heterocycles. The van der Waals surface area contributed by atoms with Crippen molar-refractivity contribution in [1.82, 2.24) is 0 Å². The third-order valence-electron chi connectivity index (χ3n) is 2.60. The van der Waals surface area contributed by atoms with Crippen LogP contribution in [0.1, 0.15) is 6.92 Å². The van der Waals surface area contributed by atoms with E-state index in [2.05, 4.69) is 20.8 Å². The van der Waals surface area contributed by atoms with E-state index in [4.69, 9.17) is 5.11 Å². The quantitative estimate of drug-likeness (QED) is 0.631. The molecule has 1 aliphatic rings. The first kappa shape index (κ1) is 15.1. The average molecular weight is 278 g/mol. The molecule has 0 spiro atoms. The number of rotatable bonds is 3. The van der Waals surface area contributed by atoms with Crippen LogP contribution in [0, 0.1) is 0 Å². The fourth-order valence-corrected chi connectivity index (χ4v) is 1.39. The van der Waals surface area contributed by atoms with Crippen molar-refractivity contribution in [3.8, 4) is 0 Å². The lowest BCUT2D eigenvalue weighted by atomic mass is 9.89. The van der Waals surface area contributed by atoms with Gasteiger partial charge < -0.3 is 19.3 Å². The molecule has 4 nitrogen and oxygen atoms in total. The van der Waals surface area contributed by atoms with E-state index in [1.54, 1.807) is 0 Å². The Morgan fingerprint density at radius 1 is 1.39 bits per heavy atom. The van der Waals surface area contributed by atoms with Crippen molar-refractivity contribution in [1.29, 1.82) is 0 Å². The van der Waals surface area contributed by atoms with Gasteiger partial charge in [-0.2, -0.15) is 22.0 Å². The van der Waals surface area contributed by atoms with Crippen LogP contribution in [0.3, 0.4) is 0 Å². The largest absolute Gasteiger partial charge is 0.499 e. The van der Waals surface area contributed by atoms with Crippen LogP contribution >= 0.6 is 0 Å². The van der Waals surface area contributed by atoms with Crippen LogP contribution in [0.5, 0.6) is 0 Å². The van der Waals surface area contributed by atoms with Crippen molar-refractivity contribution in [3.05, 3.63) is 12.8 Å². The van der Waals surface area contributed by atoms with E-state index in [9.17, 15) is 22.0 Å². The topological polar surface area (TPSA) is 47.9 Å². The zero-order chi connectivity index (χ0) is 14.2. The third-order valence-corrected chi connectivity index (χ3v) is 2.60. The number of hydrogen-bond donors (Lipinski definition) is 1. The minimum atomic E-state index is -5.68. The van der Waals surface area contributed by atoms with Gasteiger partial charge in [-0.15, -0.1) is 0 Å². The lowest BCUT2D eigenvalue weighted by Gasteiger charge is -2.48. The number of aliphatic hydroxyl groups is 1. The summed E-state index contributed by atoms with van der Waals surface area (Å²) in [5.41, 5.74) is -2.70. The Balaban J connectivity index is 3.15. The van der Waals surface area contributed by atoms with Crippen LogP contribution in [0.4, 0.5) is 22.0 Å². The van der Waals surface area contributed by atoms with Crippen LogP contribution in [-0.4, -0.2) is 42.0 Å². The molecular weight excluding hydrogens is 267 g/mol. The minimum absolute atomic E-state index is 0.676. The van der Waals surface area contributed by atoms with Gasteiger partial charge in [0.2, 0.25) is 0 Å². The average Bonchev–Trinajstić information content (AvgIpc) is 2.22. The highest BCUT2D eigenvalue weighted by molar-refractivity contribution is 5.06. The summed E-state index contributed by atoms with van der Waals surface area (Å²) in [6.07, 6.45) is -4.91. The Morgan fingerprint density at radius 3 is 2.39 bits per heavy atom. The molecular formula is C9H11F5O4. The van der Waals surface area contributed by atoms with Crippen LogP contribution in [0.15, 0.2) is 12.8 Å². The second-order valence-corrected chi connectivity index (χ2v) is 3.83. The lowest BCUT2D eigenvalue weighted by Crippen LogP contribution is -2.73. The molecule has 0 amide bonds. The molecule has 1 aliphatic heterocycles. The SMILES string of the molecule is C=COCC1(C)OCOC(O)(C(F)(F)F)C1(F)F. The predicted molar refractivity (Wildman–Crippen MR) is 47.5 cm³/mol. The maximum Gasteiger partial charge on any atom is 0.449 e. The number of alkyl halides is 5. The second-order valence-electron chi connectivity index (χ2n) is 3.83. The predicted octanol–water partition coefficient (Wildman–Crippen LogP) is 1.80. The Bertz CT molecular complexity index is 331. The Kier molecular flexibility index (Phi) is 3.63. The van der Waals surface area contributed by atoms with E-state index in [1.807, 2.05) is 0 Å². The van der Waals surface area contributed by atoms with Crippen molar-refractivity contribution in [2.75, 3.05) is 13.4 Å². The van der Waals surface area contributed by atoms with Gasteiger partial charge in [-0.3, -0.25) is 0 Å². The molecule has 2 atom stereocenters. The van der Waals surface area contributed by atoms with E-state index < -0.39 is 36.9 Å². The van der Waals surface area contributed by atoms with E-state index >= 15 is 0 Å². The molecule has 9 heteroatoms. The Hall–Kier alpha value is -0.930. The highest BCUT2D eigenvalue weighted by Crippen LogP contribution is 2.51. The van der Waals surface area contributed by atoms with Gasteiger partial charge in [0, 0.05) is 0 Å². The first-order valence-electron chi connectivity index (χ1n) is 4.69. The molecule has 1 rings (SSSR count). The smallest absolute Gasteiger partial charge is 0.449 e. The molecule has 1 saturated heterocycles. The normalized spacial score (nSPS) is 36.2. The van der Waals surface area contributed by atoms with Crippen molar-refractivity contribution in [2.45, 2.75) is 30.4 Å². The molecule has 106 valence electrons. The fourth-order valence-electron chi connectivity index (χ4n) is 1.39. The van der Waals surface area contributed by atoms with Crippen LogP contribution < -0.4 is 0 Å². The van der Waals surface area contributed by atoms with Crippen molar-refractivity contribution < 1.29 is 41.3 Å². The molecule has 0 aliphatic carbocycles. The number of halogens is 5. The first-order valence-corrected chi connectivity index (χ1v) is 4.69. The summed E-state index contributed by atoms with van der Waals surface area (Å²) in [4.78, 5) is 0. The summed E-state index contributed by atoms with van der Waals surface area (Å²) < 4.78 is 77.7. The van der Waals surface area contributed by atoms with Gasteiger partial charge in [0.1, 0.15) is 6.61 Å². The molecule has 1 heterocycles. The summed E-state index contributed by atoms with van der Waals surface area (Å²) in [5.74, 6) is -9.39. The number of ether oxygens (including phenoxy) is 3. The maximum atomic E-state index is 13.8. The van der Waals surface area contributed by atoms with Crippen LogP contribution in [0.2, 0.25) is 0 Å². The molecule has 1 N–H and O–H groups in total. The van der Waals surface area contributed by atoms with Gasteiger partial charge in [0.15, 0.2) is 12.4 Å². The molecule has 0 aromatic rings. The highest BCUT2D eigenvalue weighted by atomic mass is 19.4. The first-order chi connectivity index (χ1) is 8.02. The van der Waals surface area contributed by atoms with Crippen molar-refractivity contribution in [3.63, 3.8) is 0 Å². The molecule has 1 fully saturated rings. The van der Waals surface area contributed by atoms with Gasteiger partial charge >= 0.3 is 17.9 Å². The molecule has 0 aromatic carbocycles. The summed E-state index contributed by atoms with van der Waals surface area (Å²) in [5, 5.41) is 9.11. The summed E-state index contributed by atoms with van der Waals surface area (Å²) in [7, 11) is 0. The van der Waals surface area contributed by atoms with E-state index in [0.717, 1.165) is 6.26 Å². The zero-order valence-electron chi connectivity index (χ0n) is 9.26. The third kappa shape index (κ3) is 1.95. The standard InChI is InChI=1S/C9H11F5O4/c1-3-16-4-6(2)7(10,11)8(15,9(12,13)14)18-5-17-6/h3,15H,1,4-5H2,2H3. The summed E-state index contributed by atoms with van der Waals surface area (Å²) in [6.45, 7) is 1.67. The monoisotopic (exact) mass is 278 g/mol. The van der Waals surface area contributed by atoms with Gasteiger partial charge in [-0.05, 0) is 6.92 Å². The lowest BCUT2D eigenvalue weighted by molar-refractivity contribution is -0.501. The van der Waals surface area contributed by atoms with Gasteiger partial charge in [0.05, 0.1) is 6.26 Å². The van der Waals surface area contributed by atoms with E-state index in [0.29, 0.717) is 6.92 Å². The van der Waals surface area contributed by atoms with Gasteiger partial charge in [0.25, 0.3) is 0 Å². The van der Waals surface area contributed by atoms with Crippen molar-refractivity contribution in [2.24, 2.45) is 0 Å². The van der Waals surface area contributed by atoms with E-state index in [-0.39, 0.29) is 0 Å². The maximum absolute atomic E-state index is 13.8. The van der Waals surface area contributed by atoms with Crippen LogP contribution in [-0.2, 0) is 14.2 Å². The molecule has 0 saturated carbocycles. The summed E-state index contributed by atoms with van der Waals surface area (Å²) in [6, 6.07) is 0. The molecule has 0 bridgehead atoms.